The van der Waals surface area contributed by atoms with Crippen LogP contribution in [0.15, 0.2) is 36.4 Å². The maximum absolute atomic E-state index is 12.8. The van der Waals surface area contributed by atoms with Gasteiger partial charge in [0, 0.05) is 31.4 Å². The van der Waals surface area contributed by atoms with Gasteiger partial charge in [0.15, 0.2) is 0 Å². The van der Waals surface area contributed by atoms with Crippen LogP contribution in [-0.4, -0.2) is 69.2 Å². The van der Waals surface area contributed by atoms with E-state index in [1.165, 1.54) is 7.11 Å². The van der Waals surface area contributed by atoms with Crippen LogP contribution in [0.5, 0.6) is 5.75 Å². The molecule has 1 unspecified atom stereocenters. The average molecular weight is 543 g/mol. The number of hydrogen-bond acceptors (Lipinski definition) is 8. The molecule has 0 saturated heterocycles. The smallest absolute Gasteiger partial charge is 0.338 e. The fraction of sp³-hybridized carbons (Fsp3) is 0.581. The van der Waals surface area contributed by atoms with Crippen molar-refractivity contribution in [3.8, 4) is 16.9 Å². The minimum atomic E-state index is -0.980. The Bertz CT molecular complexity index is 1060. The first-order chi connectivity index (χ1) is 18.6. The summed E-state index contributed by atoms with van der Waals surface area (Å²) in [7, 11) is 3.07. The zero-order valence-corrected chi connectivity index (χ0v) is 24.6. The van der Waals surface area contributed by atoms with E-state index in [1.807, 2.05) is 58.0 Å². The first kappa shape index (κ1) is 30.9. The molecule has 8 nitrogen and oxygen atoms in total. The van der Waals surface area contributed by atoms with Gasteiger partial charge in [-0.25, -0.2) is 4.79 Å². The van der Waals surface area contributed by atoms with Crippen LogP contribution in [0.1, 0.15) is 69.3 Å². The fourth-order valence-corrected chi connectivity index (χ4v) is 5.22. The molecular formula is C31H46N2O6. The van der Waals surface area contributed by atoms with Gasteiger partial charge < -0.3 is 29.0 Å². The fourth-order valence-electron chi connectivity index (χ4n) is 5.22. The Kier molecular flexibility index (Phi) is 11.2. The molecular weight excluding hydrogens is 496 g/mol. The van der Waals surface area contributed by atoms with E-state index >= 15 is 0 Å². The normalized spacial score (nSPS) is 18.5. The number of aliphatic hydroxyl groups is 1. The SMILES string of the molecule is CCN(c1cc(-c2ccc(OCCOC)cc2)cc(C(=O)OC)c1C)C1CCC(NC(O)OC(C)(C)C)CC1. The van der Waals surface area contributed by atoms with E-state index < -0.39 is 12.0 Å². The van der Waals surface area contributed by atoms with Gasteiger partial charge in [0.2, 0.25) is 6.41 Å². The van der Waals surface area contributed by atoms with Crippen molar-refractivity contribution in [3.63, 3.8) is 0 Å². The molecule has 0 bridgehead atoms. The predicted octanol–water partition coefficient (Wildman–Crippen LogP) is 5.29. The highest BCUT2D eigenvalue weighted by molar-refractivity contribution is 5.95. The maximum atomic E-state index is 12.8. The van der Waals surface area contributed by atoms with Crippen molar-refractivity contribution < 1.29 is 28.8 Å². The molecule has 39 heavy (non-hydrogen) atoms. The number of nitrogens with zero attached hydrogens (tertiary/aromatic N) is 1. The highest BCUT2D eigenvalue weighted by Gasteiger charge is 2.29. The molecule has 0 aliphatic heterocycles. The summed E-state index contributed by atoms with van der Waals surface area (Å²) in [6.45, 7) is 11.8. The molecule has 216 valence electrons. The Labute approximate surface area is 233 Å². The van der Waals surface area contributed by atoms with Crippen LogP contribution in [0.2, 0.25) is 0 Å². The van der Waals surface area contributed by atoms with Crippen LogP contribution >= 0.6 is 0 Å². The molecule has 1 atom stereocenters. The summed E-state index contributed by atoms with van der Waals surface area (Å²) >= 11 is 0. The molecule has 1 fully saturated rings. The van der Waals surface area contributed by atoms with E-state index in [9.17, 15) is 9.90 Å². The number of ether oxygens (including phenoxy) is 4. The molecule has 8 heteroatoms. The second-order valence-electron chi connectivity index (χ2n) is 11.1. The van der Waals surface area contributed by atoms with E-state index in [0.29, 0.717) is 24.8 Å². The monoisotopic (exact) mass is 542 g/mol. The van der Waals surface area contributed by atoms with Crippen LogP contribution in [0.3, 0.4) is 0 Å². The van der Waals surface area contributed by atoms with Gasteiger partial charge >= 0.3 is 5.97 Å². The van der Waals surface area contributed by atoms with Crippen LogP contribution in [0, 0.1) is 6.92 Å². The number of methoxy groups -OCH3 is 2. The van der Waals surface area contributed by atoms with Crippen LogP contribution < -0.4 is 15.0 Å². The minimum absolute atomic E-state index is 0.194. The molecule has 3 rings (SSSR count). The third-order valence-corrected chi connectivity index (χ3v) is 7.16. The molecule has 2 N–H and O–H groups in total. The van der Waals surface area contributed by atoms with Gasteiger partial charge in [-0.05, 0) is 101 Å². The Morgan fingerprint density at radius 1 is 1.05 bits per heavy atom. The molecule has 1 aliphatic carbocycles. The quantitative estimate of drug-likeness (QED) is 0.212. The Morgan fingerprint density at radius 3 is 2.28 bits per heavy atom. The first-order valence-electron chi connectivity index (χ1n) is 13.9. The van der Waals surface area contributed by atoms with Gasteiger partial charge in [-0.3, -0.25) is 5.32 Å². The number of carbonyl (C=O) groups is 1. The van der Waals surface area contributed by atoms with Gasteiger partial charge in [-0.1, -0.05) is 12.1 Å². The zero-order valence-electron chi connectivity index (χ0n) is 24.6. The summed E-state index contributed by atoms with van der Waals surface area (Å²) in [4.78, 5) is 15.2. The number of aliphatic hydroxyl groups excluding tert-OH is 1. The number of anilines is 1. The summed E-state index contributed by atoms with van der Waals surface area (Å²) in [6.07, 6.45) is 2.82. The van der Waals surface area contributed by atoms with Crippen molar-refractivity contribution in [1.29, 1.82) is 0 Å². The van der Waals surface area contributed by atoms with Gasteiger partial charge in [-0.15, -0.1) is 0 Å². The Balaban J connectivity index is 1.82. The van der Waals surface area contributed by atoms with Crippen molar-refractivity contribution in [2.24, 2.45) is 0 Å². The number of nitrogens with one attached hydrogen (secondary N) is 1. The zero-order chi connectivity index (χ0) is 28.6. The third-order valence-electron chi connectivity index (χ3n) is 7.16. The lowest BCUT2D eigenvalue weighted by Gasteiger charge is -2.40. The largest absolute Gasteiger partial charge is 0.491 e. The second kappa shape index (κ2) is 14.1. The van der Waals surface area contributed by atoms with Gasteiger partial charge in [0.1, 0.15) is 12.4 Å². The van der Waals surface area contributed by atoms with Crippen molar-refractivity contribution in [2.45, 2.75) is 84.4 Å². The number of carbonyl (C=O) groups excluding carboxylic acids is 1. The van der Waals surface area contributed by atoms with Crippen molar-refractivity contribution in [2.75, 3.05) is 38.9 Å². The van der Waals surface area contributed by atoms with Crippen LogP contribution in [0.25, 0.3) is 11.1 Å². The van der Waals surface area contributed by atoms with Gasteiger partial charge in [0.05, 0.1) is 24.9 Å². The van der Waals surface area contributed by atoms with Gasteiger partial charge in [0.25, 0.3) is 0 Å². The number of benzene rings is 2. The summed E-state index contributed by atoms with van der Waals surface area (Å²) in [5.41, 5.74) is 4.07. The lowest BCUT2D eigenvalue weighted by atomic mass is 9.89. The second-order valence-corrected chi connectivity index (χ2v) is 11.1. The molecule has 1 saturated carbocycles. The van der Waals surface area contributed by atoms with Crippen molar-refractivity contribution in [3.05, 3.63) is 47.5 Å². The Morgan fingerprint density at radius 2 is 1.72 bits per heavy atom. The van der Waals surface area contributed by atoms with Crippen LogP contribution in [-0.2, 0) is 14.2 Å². The summed E-state index contributed by atoms with van der Waals surface area (Å²) in [6, 6.07) is 12.5. The topological polar surface area (TPSA) is 89.5 Å². The number of esters is 1. The van der Waals surface area contributed by atoms with E-state index in [2.05, 4.69) is 23.2 Å². The number of hydrogen-bond donors (Lipinski definition) is 2. The van der Waals surface area contributed by atoms with Gasteiger partial charge in [-0.2, -0.15) is 0 Å². The molecule has 2 aromatic carbocycles. The standard InChI is InChI=1S/C31H46N2O6/c1-8-33(25-13-11-24(12-14-25)32-30(35)39-31(3,4)5)28-20-23(19-27(21(28)2)29(34)37-7)22-9-15-26(16-10-22)38-18-17-36-6/h9-10,15-16,19-20,24-25,30,32,35H,8,11-14,17-18H2,1-7H3. The van der Waals surface area contributed by atoms with E-state index in [4.69, 9.17) is 18.9 Å². The van der Waals surface area contributed by atoms with E-state index in [0.717, 1.165) is 60.4 Å². The van der Waals surface area contributed by atoms with E-state index in [1.54, 1.807) is 7.11 Å². The Hall–Kier alpha value is -2.65. The predicted molar refractivity (Wildman–Crippen MR) is 154 cm³/mol. The van der Waals surface area contributed by atoms with Crippen molar-refractivity contribution in [1.82, 2.24) is 5.32 Å². The van der Waals surface area contributed by atoms with Crippen LogP contribution in [0.4, 0.5) is 5.69 Å². The highest BCUT2D eigenvalue weighted by Crippen LogP contribution is 2.36. The molecule has 0 heterocycles. The van der Waals surface area contributed by atoms with Crippen molar-refractivity contribution >= 4 is 11.7 Å². The first-order valence-corrected chi connectivity index (χ1v) is 13.9. The summed E-state index contributed by atoms with van der Waals surface area (Å²) < 4.78 is 21.6. The lowest BCUT2D eigenvalue weighted by molar-refractivity contribution is -0.186. The minimum Gasteiger partial charge on any atom is -0.491 e. The lowest BCUT2D eigenvalue weighted by Crippen LogP contribution is -2.47. The van der Waals surface area contributed by atoms with E-state index in [-0.39, 0.29) is 12.0 Å². The summed E-state index contributed by atoms with van der Waals surface area (Å²) in [5.74, 6) is 0.432. The molecule has 0 spiro atoms. The molecule has 2 aromatic rings. The molecule has 1 aliphatic rings. The molecule has 0 aromatic heterocycles. The maximum Gasteiger partial charge on any atom is 0.338 e. The molecule has 0 radical (unpaired) electrons. The highest BCUT2D eigenvalue weighted by atomic mass is 16.6. The third kappa shape index (κ3) is 8.67. The average Bonchev–Trinajstić information content (AvgIpc) is 2.90. The molecule has 0 amide bonds. The number of rotatable bonds is 12. The summed E-state index contributed by atoms with van der Waals surface area (Å²) in [5, 5.41) is 13.5.